The average molecular weight is 240 g/mol. The molecule has 0 saturated carbocycles. The second kappa shape index (κ2) is 5.26. The van der Waals surface area contributed by atoms with E-state index in [4.69, 9.17) is 4.74 Å². The van der Waals surface area contributed by atoms with E-state index in [1.165, 1.54) is 22.3 Å². The lowest BCUT2D eigenvalue weighted by atomic mass is 9.91. The lowest BCUT2D eigenvalue weighted by Crippen LogP contribution is -1.94. The van der Waals surface area contributed by atoms with Crippen LogP contribution < -0.4 is 4.74 Å². The molecular weight excluding hydrogens is 220 g/mol. The SMILES string of the molecule is COc1ccc(-c2cccc(C(C)C)c2C)cc1. The summed E-state index contributed by atoms with van der Waals surface area (Å²) >= 11 is 0. The largest absolute Gasteiger partial charge is 0.497 e. The maximum Gasteiger partial charge on any atom is 0.118 e. The van der Waals surface area contributed by atoms with Gasteiger partial charge in [0.25, 0.3) is 0 Å². The fourth-order valence-corrected chi connectivity index (χ4v) is 2.36. The van der Waals surface area contributed by atoms with Crippen LogP contribution in [0.25, 0.3) is 11.1 Å². The van der Waals surface area contributed by atoms with Crippen LogP contribution in [0, 0.1) is 6.92 Å². The van der Waals surface area contributed by atoms with Crippen molar-refractivity contribution in [1.29, 1.82) is 0 Å². The van der Waals surface area contributed by atoms with Crippen molar-refractivity contribution in [2.75, 3.05) is 7.11 Å². The van der Waals surface area contributed by atoms with Gasteiger partial charge in [0.2, 0.25) is 0 Å². The van der Waals surface area contributed by atoms with Gasteiger partial charge in [-0.05, 0) is 47.2 Å². The van der Waals surface area contributed by atoms with Gasteiger partial charge < -0.3 is 4.74 Å². The molecule has 0 aromatic heterocycles. The molecule has 2 aromatic rings. The minimum absolute atomic E-state index is 0.559. The molecule has 2 rings (SSSR count). The summed E-state index contributed by atoms with van der Waals surface area (Å²) in [5.74, 6) is 1.46. The van der Waals surface area contributed by atoms with Gasteiger partial charge in [-0.3, -0.25) is 0 Å². The van der Waals surface area contributed by atoms with Crippen molar-refractivity contribution in [3.8, 4) is 16.9 Å². The molecule has 0 atom stereocenters. The highest BCUT2D eigenvalue weighted by molar-refractivity contribution is 5.69. The van der Waals surface area contributed by atoms with Crippen LogP contribution in [0.5, 0.6) is 5.75 Å². The Hall–Kier alpha value is -1.76. The number of hydrogen-bond donors (Lipinski definition) is 0. The molecule has 0 amide bonds. The van der Waals surface area contributed by atoms with Gasteiger partial charge in [0.1, 0.15) is 5.75 Å². The average Bonchev–Trinajstić information content (AvgIpc) is 2.39. The molecule has 0 fully saturated rings. The Kier molecular flexibility index (Phi) is 3.71. The van der Waals surface area contributed by atoms with Crippen molar-refractivity contribution in [2.24, 2.45) is 0 Å². The zero-order chi connectivity index (χ0) is 13.1. The van der Waals surface area contributed by atoms with Crippen LogP contribution in [0.2, 0.25) is 0 Å². The number of benzene rings is 2. The molecule has 0 aliphatic heterocycles. The Morgan fingerprint density at radius 3 is 2.17 bits per heavy atom. The summed E-state index contributed by atoms with van der Waals surface area (Å²) in [4.78, 5) is 0. The summed E-state index contributed by atoms with van der Waals surface area (Å²) in [5.41, 5.74) is 5.35. The second-order valence-electron chi connectivity index (χ2n) is 4.90. The molecule has 0 unspecified atom stereocenters. The highest BCUT2D eigenvalue weighted by atomic mass is 16.5. The van der Waals surface area contributed by atoms with Crippen LogP contribution in [0.4, 0.5) is 0 Å². The molecule has 0 aliphatic rings. The monoisotopic (exact) mass is 240 g/mol. The van der Waals surface area contributed by atoms with E-state index in [1.54, 1.807) is 7.11 Å². The van der Waals surface area contributed by atoms with Crippen LogP contribution >= 0.6 is 0 Å². The Labute approximate surface area is 109 Å². The van der Waals surface area contributed by atoms with Crippen molar-refractivity contribution >= 4 is 0 Å². The van der Waals surface area contributed by atoms with Gasteiger partial charge in [-0.2, -0.15) is 0 Å². The fourth-order valence-electron chi connectivity index (χ4n) is 2.36. The quantitative estimate of drug-likeness (QED) is 0.749. The third-order valence-corrected chi connectivity index (χ3v) is 3.40. The maximum atomic E-state index is 5.20. The smallest absolute Gasteiger partial charge is 0.118 e. The Bertz CT molecular complexity index is 524. The van der Waals surface area contributed by atoms with Crippen LogP contribution in [0.1, 0.15) is 30.9 Å². The molecule has 18 heavy (non-hydrogen) atoms. The minimum Gasteiger partial charge on any atom is -0.497 e. The third-order valence-electron chi connectivity index (χ3n) is 3.40. The molecule has 0 N–H and O–H groups in total. The maximum absolute atomic E-state index is 5.20. The zero-order valence-corrected chi connectivity index (χ0v) is 11.5. The fraction of sp³-hybridized carbons (Fsp3) is 0.294. The zero-order valence-electron chi connectivity index (χ0n) is 11.5. The van der Waals surface area contributed by atoms with E-state index in [1.807, 2.05) is 12.1 Å². The molecule has 0 saturated heterocycles. The molecule has 1 nitrogen and oxygen atoms in total. The van der Waals surface area contributed by atoms with Gasteiger partial charge in [-0.1, -0.05) is 44.2 Å². The Morgan fingerprint density at radius 2 is 1.61 bits per heavy atom. The number of rotatable bonds is 3. The van der Waals surface area contributed by atoms with Gasteiger partial charge in [-0.15, -0.1) is 0 Å². The molecule has 0 bridgehead atoms. The number of ether oxygens (including phenoxy) is 1. The second-order valence-corrected chi connectivity index (χ2v) is 4.90. The molecule has 0 radical (unpaired) electrons. The topological polar surface area (TPSA) is 9.23 Å². The molecule has 0 heterocycles. The van der Waals surface area contributed by atoms with Crippen molar-refractivity contribution < 1.29 is 4.74 Å². The van der Waals surface area contributed by atoms with E-state index >= 15 is 0 Å². The Morgan fingerprint density at radius 1 is 0.944 bits per heavy atom. The van der Waals surface area contributed by atoms with E-state index in [0.29, 0.717) is 5.92 Å². The first-order chi connectivity index (χ1) is 8.63. The van der Waals surface area contributed by atoms with Gasteiger partial charge in [0.05, 0.1) is 7.11 Å². The van der Waals surface area contributed by atoms with Gasteiger partial charge in [0, 0.05) is 0 Å². The summed E-state index contributed by atoms with van der Waals surface area (Å²) < 4.78 is 5.20. The van der Waals surface area contributed by atoms with Crippen LogP contribution in [0.3, 0.4) is 0 Å². The van der Waals surface area contributed by atoms with Gasteiger partial charge in [-0.25, -0.2) is 0 Å². The molecule has 0 spiro atoms. The predicted molar refractivity (Wildman–Crippen MR) is 77.3 cm³/mol. The summed E-state index contributed by atoms with van der Waals surface area (Å²) in [6, 6.07) is 14.8. The number of methoxy groups -OCH3 is 1. The predicted octanol–water partition coefficient (Wildman–Crippen LogP) is 4.79. The molecule has 2 aromatic carbocycles. The van der Waals surface area contributed by atoms with Crippen molar-refractivity contribution in [3.05, 3.63) is 53.6 Å². The van der Waals surface area contributed by atoms with Crippen LogP contribution in [-0.4, -0.2) is 7.11 Å². The Balaban J connectivity index is 2.46. The van der Waals surface area contributed by atoms with E-state index in [2.05, 4.69) is 51.1 Å². The summed E-state index contributed by atoms with van der Waals surface area (Å²) in [6.45, 7) is 6.68. The van der Waals surface area contributed by atoms with E-state index in [9.17, 15) is 0 Å². The minimum atomic E-state index is 0.559. The third kappa shape index (κ3) is 2.40. The lowest BCUT2D eigenvalue weighted by Gasteiger charge is -2.14. The van der Waals surface area contributed by atoms with E-state index in [-0.39, 0.29) is 0 Å². The van der Waals surface area contributed by atoms with Crippen LogP contribution in [0.15, 0.2) is 42.5 Å². The standard InChI is InChI=1S/C17H20O/c1-12(2)16-6-5-7-17(13(16)3)14-8-10-15(18-4)11-9-14/h5-12H,1-4H3. The van der Waals surface area contributed by atoms with Crippen molar-refractivity contribution in [1.82, 2.24) is 0 Å². The van der Waals surface area contributed by atoms with E-state index < -0.39 is 0 Å². The van der Waals surface area contributed by atoms with Gasteiger partial charge >= 0.3 is 0 Å². The number of hydrogen-bond acceptors (Lipinski definition) is 1. The first-order valence-corrected chi connectivity index (χ1v) is 6.37. The first-order valence-electron chi connectivity index (χ1n) is 6.37. The van der Waals surface area contributed by atoms with Crippen molar-refractivity contribution in [2.45, 2.75) is 26.7 Å². The molecular formula is C17H20O. The molecule has 94 valence electrons. The first kappa shape index (κ1) is 12.7. The van der Waals surface area contributed by atoms with Gasteiger partial charge in [0.15, 0.2) is 0 Å². The lowest BCUT2D eigenvalue weighted by molar-refractivity contribution is 0.415. The van der Waals surface area contributed by atoms with Crippen LogP contribution in [-0.2, 0) is 0 Å². The molecule has 0 aliphatic carbocycles. The highest BCUT2D eigenvalue weighted by Crippen LogP contribution is 2.30. The normalized spacial score (nSPS) is 10.7. The van der Waals surface area contributed by atoms with E-state index in [0.717, 1.165) is 5.75 Å². The highest BCUT2D eigenvalue weighted by Gasteiger charge is 2.08. The summed E-state index contributed by atoms with van der Waals surface area (Å²) in [7, 11) is 1.69. The van der Waals surface area contributed by atoms with Crippen molar-refractivity contribution in [3.63, 3.8) is 0 Å². The summed E-state index contributed by atoms with van der Waals surface area (Å²) in [6.07, 6.45) is 0. The molecule has 1 heteroatoms. The summed E-state index contributed by atoms with van der Waals surface area (Å²) in [5, 5.41) is 0.